The van der Waals surface area contributed by atoms with Gasteiger partial charge in [0, 0.05) is 25.7 Å². The number of phenolic OH excluding ortho intramolecular Hbond substituents is 2. The Morgan fingerprint density at radius 2 is 0.830 bits per heavy atom. The number of ether oxygens (including phenoxy) is 2. The van der Waals surface area contributed by atoms with Gasteiger partial charge in [0.05, 0.1) is 29.9 Å². The molecule has 0 radical (unpaired) electrons. The van der Waals surface area contributed by atoms with Crippen LogP contribution < -0.4 is 9.47 Å². The van der Waals surface area contributed by atoms with Gasteiger partial charge in [0.25, 0.3) is 0 Å². The number of carbonyl (C=O) groups is 3. The van der Waals surface area contributed by atoms with E-state index >= 15 is 0 Å². The molecule has 5 rings (SSSR count). The van der Waals surface area contributed by atoms with Gasteiger partial charge in [0.2, 0.25) is 0 Å². The van der Waals surface area contributed by atoms with Crippen molar-refractivity contribution in [3.8, 4) is 23.0 Å². The lowest BCUT2D eigenvalue weighted by Gasteiger charge is -2.21. The first-order valence-electron chi connectivity index (χ1n) is 15.4. The number of hydrogen-bond acceptors (Lipinski definition) is 7. The predicted molar refractivity (Wildman–Crippen MR) is 173 cm³/mol. The highest BCUT2D eigenvalue weighted by Crippen LogP contribution is 2.39. The van der Waals surface area contributed by atoms with E-state index in [-0.39, 0.29) is 71.6 Å². The number of rotatable bonds is 9. The topological polar surface area (TPSA) is 171 Å². The Labute approximate surface area is 271 Å². The van der Waals surface area contributed by atoms with Crippen LogP contribution >= 0.6 is 0 Å². The highest BCUT2D eigenvalue weighted by atomic mass is 16.5. The highest BCUT2D eigenvalue weighted by Gasteiger charge is 2.24. The molecule has 5 N–H and O–H groups in total. The fourth-order valence-corrected chi connectivity index (χ4v) is 5.96. The van der Waals surface area contributed by atoms with Gasteiger partial charge in [-0.25, -0.2) is 14.4 Å². The summed E-state index contributed by atoms with van der Waals surface area (Å²) in [5.74, 6) is -3.06. The zero-order valence-corrected chi connectivity index (χ0v) is 26.1. The summed E-state index contributed by atoms with van der Waals surface area (Å²) in [5, 5.41) is 53.2. The average molecular weight is 641 g/mol. The summed E-state index contributed by atoms with van der Waals surface area (Å²) in [6.07, 6.45) is 1.36. The molecule has 0 spiro atoms. The SMILES string of the molecule is CCCOc1c2cccc1Cc1cc(C(=O)O)cc(c1O)Cc1cc(C(=O)O)cc(c1OCCC)Cc1cc(C(=O)O)cc(c1O)C2. The number of hydrogen-bond donors (Lipinski definition) is 5. The molecule has 47 heavy (non-hydrogen) atoms. The van der Waals surface area contributed by atoms with Gasteiger partial charge >= 0.3 is 17.9 Å². The third-order valence-electron chi connectivity index (χ3n) is 8.12. The van der Waals surface area contributed by atoms with Crippen molar-refractivity contribution in [2.24, 2.45) is 0 Å². The van der Waals surface area contributed by atoms with Crippen LogP contribution in [0.2, 0.25) is 0 Å². The monoisotopic (exact) mass is 640 g/mol. The van der Waals surface area contributed by atoms with Crippen molar-refractivity contribution < 1.29 is 49.4 Å². The molecule has 0 saturated heterocycles. The second-order valence-corrected chi connectivity index (χ2v) is 11.6. The van der Waals surface area contributed by atoms with E-state index in [0.717, 1.165) is 0 Å². The largest absolute Gasteiger partial charge is 0.507 e. The molecule has 0 saturated carbocycles. The first-order chi connectivity index (χ1) is 22.5. The summed E-state index contributed by atoms with van der Waals surface area (Å²) in [6, 6.07) is 13.8. The van der Waals surface area contributed by atoms with Crippen molar-refractivity contribution >= 4 is 17.9 Å². The quantitative estimate of drug-likeness (QED) is 0.121. The lowest BCUT2D eigenvalue weighted by atomic mass is 9.89. The third kappa shape index (κ3) is 7.01. The zero-order valence-electron chi connectivity index (χ0n) is 26.1. The van der Waals surface area contributed by atoms with Crippen LogP contribution in [0.25, 0.3) is 0 Å². The maximum Gasteiger partial charge on any atom is 0.335 e. The molecule has 0 heterocycles. The summed E-state index contributed by atoms with van der Waals surface area (Å²) in [4.78, 5) is 36.8. The Kier molecular flexibility index (Phi) is 9.70. The number of carboxylic acid groups (broad SMARTS) is 3. The van der Waals surface area contributed by atoms with Crippen LogP contribution in [-0.4, -0.2) is 56.7 Å². The molecule has 4 aromatic rings. The predicted octanol–water partition coefficient (Wildman–Crippen LogP) is 6.45. The number of aromatic carboxylic acids is 3. The molecule has 1 aliphatic rings. The van der Waals surface area contributed by atoms with Gasteiger partial charge in [-0.2, -0.15) is 0 Å². The molecule has 244 valence electrons. The van der Waals surface area contributed by atoms with Crippen LogP contribution in [-0.2, 0) is 25.7 Å². The maximum absolute atomic E-state index is 12.3. The summed E-state index contributed by atoms with van der Waals surface area (Å²) < 4.78 is 12.4. The summed E-state index contributed by atoms with van der Waals surface area (Å²) in [7, 11) is 0. The molecule has 10 nitrogen and oxygen atoms in total. The Hall–Kier alpha value is -5.51. The third-order valence-corrected chi connectivity index (χ3v) is 8.12. The van der Waals surface area contributed by atoms with Crippen LogP contribution in [0.3, 0.4) is 0 Å². The number of carboxylic acids is 3. The second kappa shape index (κ2) is 13.9. The number of para-hydroxylation sites is 1. The van der Waals surface area contributed by atoms with E-state index in [4.69, 9.17) is 9.47 Å². The van der Waals surface area contributed by atoms with E-state index < -0.39 is 17.9 Å². The Bertz CT molecular complexity index is 1760. The molecule has 0 aliphatic heterocycles. The number of fused-ring (bicyclic) bond motifs is 8. The fourth-order valence-electron chi connectivity index (χ4n) is 5.96. The van der Waals surface area contributed by atoms with E-state index in [2.05, 4.69) is 0 Å². The minimum atomic E-state index is -1.23. The molecule has 0 amide bonds. The molecule has 0 fully saturated rings. The molecule has 0 unspecified atom stereocenters. The zero-order chi connectivity index (χ0) is 33.8. The molecule has 0 aromatic heterocycles. The van der Waals surface area contributed by atoms with Gasteiger partial charge in [-0.1, -0.05) is 32.0 Å². The molecule has 0 atom stereocenters. The highest BCUT2D eigenvalue weighted by molar-refractivity contribution is 5.90. The lowest BCUT2D eigenvalue weighted by molar-refractivity contribution is 0.0686. The molecule has 8 bridgehead atoms. The molecule has 1 aliphatic carbocycles. The van der Waals surface area contributed by atoms with Gasteiger partial charge in [0.15, 0.2) is 0 Å². The van der Waals surface area contributed by atoms with Crippen LogP contribution in [0.4, 0.5) is 0 Å². The minimum Gasteiger partial charge on any atom is -0.507 e. The molecular formula is C37H36O10. The van der Waals surface area contributed by atoms with Crippen molar-refractivity contribution in [3.63, 3.8) is 0 Å². The van der Waals surface area contributed by atoms with Gasteiger partial charge in [-0.05, 0) is 93.7 Å². The van der Waals surface area contributed by atoms with Crippen LogP contribution in [0.1, 0.15) is 102 Å². The average Bonchev–Trinajstić information content (AvgIpc) is 3.03. The number of benzene rings is 4. The van der Waals surface area contributed by atoms with Crippen LogP contribution in [0.15, 0.2) is 54.6 Å². The van der Waals surface area contributed by atoms with E-state index in [1.807, 2.05) is 26.0 Å². The molecular weight excluding hydrogens is 604 g/mol. The fraction of sp³-hybridized carbons (Fsp3) is 0.270. The smallest absolute Gasteiger partial charge is 0.335 e. The summed E-state index contributed by atoms with van der Waals surface area (Å²) >= 11 is 0. The second-order valence-electron chi connectivity index (χ2n) is 11.6. The first kappa shape index (κ1) is 32.9. The molecule has 10 heteroatoms. The lowest BCUT2D eigenvalue weighted by Crippen LogP contribution is -2.10. The summed E-state index contributed by atoms with van der Waals surface area (Å²) in [5.41, 5.74) is 3.06. The van der Waals surface area contributed by atoms with Crippen molar-refractivity contribution in [1.29, 1.82) is 0 Å². The Morgan fingerprint density at radius 3 is 1.15 bits per heavy atom. The standard InChI is InChI=1S/C37H36O10/c1-3-8-46-33-20-6-5-7-21(33)11-23-15-29(36(42)43)17-25(32(23)39)13-27-19-30(37(44)45)18-26(34(27)47-9-4-2)12-24-16-28(35(40)41)14-22(10-20)31(24)38/h5-7,14-19,38-39H,3-4,8-13H2,1-2H3,(H,40,41)(H,42,43)(H,44,45). The van der Waals surface area contributed by atoms with Crippen LogP contribution in [0.5, 0.6) is 23.0 Å². The van der Waals surface area contributed by atoms with Crippen molar-refractivity contribution in [2.45, 2.75) is 52.4 Å². The van der Waals surface area contributed by atoms with E-state index in [1.54, 1.807) is 6.07 Å². The number of phenols is 2. The van der Waals surface area contributed by atoms with Crippen molar-refractivity contribution in [1.82, 2.24) is 0 Å². The van der Waals surface area contributed by atoms with Gasteiger partial charge in [-0.15, -0.1) is 0 Å². The van der Waals surface area contributed by atoms with E-state index in [0.29, 0.717) is 64.3 Å². The molecule has 4 aromatic carbocycles. The Morgan fingerprint density at radius 1 is 0.532 bits per heavy atom. The van der Waals surface area contributed by atoms with Crippen molar-refractivity contribution in [3.05, 3.63) is 116 Å². The van der Waals surface area contributed by atoms with Crippen molar-refractivity contribution in [2.75, 3.05) is 13.2 Å². The maximum atomic E-state index is 12.3. The van der Waals surface area contributed by atoms with Gasteiger partial charge in [0.1, 0.15) is 23.0 Å². The van der Waals surface area contributed by atoms with Crippen LogP contribution in [0, 0.1) is 0 Å². The van der Waals surface area contributed by atoms with Gasteiger partial charge < -0.3 is 35.0 Å². The van der Waals surface area contributed by atoms with Gasteiger partial charge in [-0.3, -0.25) is 0 Å². The first-order valence-corrected chi connectivity index (χ1v) is 15.4. The minimum absolute atomic E-state index is 0.0483. The summed E-state index contributed by atoms with van der Waals surface area (Å²) in [6.45, 7) is 4.48. The number of aromatic hydroxyl groups is 2. The van der Waals surface area contributed by atoms with E-state index in [9.17, 15) is 39.9 Å². The van der Waals surface area contributed by atoms with E-state index in [1.165, 1.54) is 36.4 Å². The Balaban J connectivity index is 1.85. The normalized spacial score (nSPS) is 12.3.